The Kier molecular flexibility index (Phi) is 6.68. The van der Waals surface area contributed by atoms with Crippen molar-refractivity contribution in [2.75, 3.05) is 0 Å². The molecule has 0 spiro atoms. The van der Waals surface area contributed by atoms with Crippen molar-refractivity contribution in [3.8, 4) is 0 Å². The van der Waals surface area contributed by atoms with Gasteiger partial charge in [-0.05, 0) is 23.7 Å². The monoisotopic (exact) mass is 222 g/mol. The molecular weight excluding hydrogens is 199 g/mol. The lowest BCUT2D eigenvalue weighted by atomic mass is 10.1. The maximum absolute atomic E-state index is 2.73. The van der Waals surface area contributed by atoms with Gasteiger partial charge in [-0.2, -0.15) is 0 Å². The van der Waals surface area contributed by atoms with Crippen LogP contribution in [0.1, 0.15) is 51.0 Å². The molecule has 1 unspecified atom stereocenters. The molecule has 0 aliphatic heterocycles. The summed E-state index contributed by atoms with van der Waals surface area (Å²) in [5, 5.41) is 1.28. The van der Waals surface area contributed by atoms with Crippen LogP contribution in [0.3, 0.4) is 0 Å². The minimum atomic E-state index is 1.25. The van der Waals surface area contributed by atoms with Crippen molar-refractivity contribution in [2.24, 2.45) is 0 Å². The zero-order valence-electron chi connectivity index (χ0n) is 9.84. The van der Waals surface area contributed by atoms with Gasteiger partial charge in [-0.15, -0.1) is 9.24 Å². The summed E-state index contributed by atoms with van der Waals surface area (Å²) in [5.74, 6) is 0. The molecule has 1 rings (SSSR count). The Bertz CT molecular complexity index is 251. The van der Waals surface area contributed by atoms with Crippen LogP contribution in [0.15, 0.2) is 24.3 Å². The Morgan fingerprint density at radius 1 is 0.867 bits per heavy atom. The fraction of sp³-hybridized carbons (Fsp3) is 0.571. The second kappa shape index (κ2) is 7.88. The van der Waals surface area contributed by atoms with Gasteiger partial charge < -0.3 is 0 Å². The second-order valence-electron chi connectivity index (χ2n) is 4.26. The molecule has 15 heavy (non-hydrogen) atoms. The fourth-order valence-corrected chi connectivity index (χ4v) is 1.99. The van der Waals surface area contributed by atoms with Crippen LogP contribution < -0.4 is 5.30 Å². The maximum Gasteiger partial charge on any atom is -0.0279 e. The summed E-state index contributed by atoms with van der Waals surface area (Å²) < 4.78 is 0. The third kappa shape index (κ3) is 5.95. The third-order valence-corrected chi connectivity index (χ3v) is 3.18. The Morgan fingerprint density at radius 3 is 2.13 bits per heavy atom. The number of hydrogen-bond acceptors (Lipinski definition) is 0. The number of unbranched alkanes of at least 4 members (excludes halogenated alkanes) is 5. The van der Waals surface area contributed by atoms with Crippen LogP contribution in [0.4, 0.5) is 0 Å². The van der Waals surface area contributed by atoms with E-state index in [0.717, 1.165) is 0 Å². The summed E-state index contributed by atoms with van der Waals surface area (Å²) in [6.45, 7) is 2.27. The van der Waals surface area contributed by atoms with E-state index in [1.807, 2.05) is 0 Å². The highest BCUT2D eigenvalue weighted by molar-refractivity contribution is 7.27. The molecule has 0 saturated heterocycles. The van der Waals surface area contributed by atoms with Gasteiger partial charge in [0.05, 0.1) is 0 Å². The lowest BCUT2D eigenvalue weighted by molar-refractivity contribution is 0.607. The molecule has 0 radical (unpaired) electrons. The molecule has 0 aromatic heterocycles. The smallest absolute Gasteiger partial charge is 0.0279 e. The van der Waals surface area contributed by atoms with Gasteiger partial charge in [0.15, 0.2) is 0 Å². The summed E-state index contributed by atoms with van der Waals surface area (Å²) in [4.78, 5) is 0. The lowest BCUT2D eigenvalue weighted by Gasteiger charge is -2.02. The van der Waals surface area contributed by atoms with Crippen molar-refractivity contribution >= 4 is 14.5 Å². The van der Waals surface area contributed by atoms with E-state index in [9.17, 15) is 0 Å². The summed E-state index contributed by atoms with van der Waals surface area (Å²) in [6.07, 6.45) is 9.56. The zero-order chi connectivity index (χ0) is 10.9. The van der Waals surface area contributed by atoms with Crippen LogP contribution in [0.5, 0.6) is 0 Å². The molecule has 0 nitrogen and oxygen atoms in total. The van der Waals surface area contributed by atoms with Crippen LogP contribution in [0.25, 0.3) is 0 Å². The first-order chi connectivity index (χ1) is 7.33. The van der Waals surface area contributed by atoms with Crippen molar-refractivity contribution in [3.05, 3.63) is 29.8 Å². The van der Waals surface area contributed by atoms with Crippen LogP contribution in [0, 0.1) is 0 Å². The number of benzene rings is 1. The average Bonchev–Trinajstić information content (AvgIpc) is 2.26. The molecule has 0 heterocycles. The van der Waals surface area contributed by atoms with E-state index >= 15 is 0 Å². The summed E-state index contributed by atoms with van der Waals surface area (Å²) in [5.41, 5.74) is 1.48. The minimum absolute atomic E-state index is 1.25. The molecule has 84 valence electrons. The minimum Gasteiger partial charge on any atom is -0.106 e. The topological polar surface area (TPSA) is 0 Å². The largest absolute Gasteiger partial charge is 0.106 e. The summed E-state index contributed by atoms with van der Waals surface area (Å²) in [7, 11) is 2.73. The van der Waals surface area contributed by atoms with Gasteiger partial charge in [-0.25, -0.2) is 0 Å². The highest BCUT2D eigenvalue weighted by Crippen LogP contribution is 2.09. The summed E-state index contributed by atoms with van der Waals surface area (Å²) >= 11 is 0. The Balaban J connectivity index is 2.07. The molecule has 0 fully saturated rings. The van der Waals surface area contributed by atoms with Gasteiger partial charge >= 0.3 is 0 Å². The molecule has 0 bridgehead atoms. The molecule has 1 atom stereocenters. The first kappa shape index (κ1) is 12.7. The predicted molar refractivity (Wildman–Crippen MR) is 72.9 cm³/mol. The molecule has 0 aliphatic carbocycles. The number of hydrogen-bond donors (Lipinski definition) is 0. The molecule has 1 aromatic carbocycles. The zero-order valence-corrected chi connectivity index (χ0v) is 11.0. The van der Waals surface area contributed by atoms with E-state index in [-0.39, 0.29) is 0 Å². The second-order valence-corrected chi connectivity index (χ2v) is 4.93. The molecule has 1 heteroatoms. The molecule has 1 aromatic rings. The van der Waals surface area contributed by atoms with Gasteiger partial charge in [-0.3, -0.25) is 0 Å². The van der Waals surface area contributed by atoms with Crippen molar-refractivity contribution < 1.29 is 0 Å². The van der Waals surface area contributed by atoms with Crippen LogP contribution in [0.2, 0.25) is 0 Å². The molecule has 0 N–H and O–H groups in total. The quantitative estimate of drug-likeness (QED) is 0.481. The highest BCUT2D eigenvalue weighted by Gasteiger charge is 1.93. The SMILES string of the molecule is CCCCCCCCc1ccc(P)cc1. The molecular formula is C14H23P. The molecule has 0 amide bonds. The predicted octanol–water partition coefficient (Wildman–Crippen LogP) is 4.09. The van der Waals surface area contributed by atoms with E-state index < -0.39 is 0 Å². The fourth-order valence-electron chi connectivity index (χ4n) is 1.79. The average molecular weight is 222 g/mol. The van der Waals surface area contributed by atoms with E-state index in [4.69, 9.17) is 0 Å². The van der Waals surface area contributed by atoms with Crippen molar-refractivity contribution in [1.82, 2.24) is 0 Å². The normalized spacial score (nSPS) is 10.5. The molecule has 0 saturated carbocycles. The van der Waals surface area contributed by atoms with Gasteiger partial charge in [0.1, 0.15) is 0 Å². The Hall–Kier alpha value is -0.350. The number of aryl methyl sites for hydroxylation is 1. The Morgan fingerprint density at radius 2 is 1.47 bits per heavy atom. The van der Waals surface area contributed by atoms with Crippen molar-refractivity contribution in [2.45, 2.75) is 51.9 Å². The van der Waals surface area contributed by atoms with Crippen LogP contribution in [-0.2, 0) is 6.42 Å². The third-order valence-electron chi connectivity index (χ3n) is 2.80. The van der Waals surface area contributed by atoms with Crippen LogP contribution >= 0.6 is 9.24 Å². The van der Waals surface area contributed by atoms with Crippen molar-refractivity contribution in [3.63, 3.8) is 0 Å². The lowest BCUT2D eigenvalue weighted by Crippen LogP contribution is -1.91. The van der Waals surface area contributed by atoms with Crippen molar-refractivity contribution in [1.29, 1.82) is 0 Å². The van der Waals surface area contributed by atoms with Gasteiger partial charge in [0.2, 0.25) is 0 Å². The van der Waals surface area contributed by atoms with E-state index in [2.05, 4.69) is 40.4 Å². The van der Waals surface area contributed by atoms with Crippen LogP contribution in [-0.4, -0.2) is 0 Å². The first-order valence-corrected chi connectivity index (χ1v) is 6.75. The van der Waals surface area contributed by atoms with Gasteiger partial charge in [0.25, 0.3) is 0 Å². The Labute approximate surface area is 96.7 Å². The van der Waals surface area contributed by atoms with E-state index in [1.54, 1.807) is 0 Å². The van der Waals surface area contributed by atoms with E-state index in [0.29, 0.717) is 0 Å². The number of rotatable bonds is 7. The van der Waals surface area contributed by atoms with Gasteiger partial charge in [-0.1, -0.05) is 63.3 Å². The standard InChI is InChI=1S/C14H23P/c1-2-3-4-5-6-7-8-13-9-11-14(15)12-10-13/h9-12H,2-8,15H2,1H3. The maximum atomic E-state index is 2.73. The highest BCUT2D eigenvalue weighted by atomic mass is 31.0. The summed E-state index contributed by atoms with van der Waals surface area (Å²) in [6, 6.07) is 8.84. The van der Waals surface area contributed by atoms with E-state index in [1.165, 1.54) is 55.8 Å². The molecule has 0 aliphatic rings. The van der Waals surface area contributed by atoms with Gasteiger partial charge in [0, 0.05) is 0 Å². The first-order valence-electron chi connectivity index (χ1n) is 6.17.